The van der Waals surface area contributed by atoms with Gasteiger partial charge < -0.3 is 16.0 Å². The number of rotatable bonds is 7. The third kappa shape index (κ3) is 4.87. The summed E-state index contributed by atoms with van der Waals surface area (Å²) in [5.74, 6) is 1.59. The second kappa shape index (κ2) is 9.63. The summed E-state index contributed by atoms with van der Waals surface area (Å²) >= 11 is 0. The van der Waals surface area contributed by atoms with E-state index in [2.05, 4.69) is 89.4 Å². The minimum atomic E-state index is 0.201. The van der Waals surface area contributed by atoms with Gasteiger partial charge in [-0.2, -0.15) is 5.26 Å². The van der Waals surface area contributed by atoms with Crippen molar-refractivity contribution in [1.82, 2.24) is 10.3 Å². The highest BCUT2D eigenvalue weighted by Gasteiger charge is 2.30. The lowest BCUT2D eigenvalue weighted by molar-refractivity contribution is 0.342. The SMILES string of the molecule is CC([C@H]1CNc2cccnc2N1)[C@@H](NC[C@H](C)c1ccc(C#N)cc1)c1ccccc1. The van der Waals surface area contributed by atoms with Crippen LogP contribution >= 0.6 is 0 Å². The lowest BCUT2D eigenvalue weighted by Crippen LogP contribution is -2.44. The molecule has 0 aliphatic carbocycles. The van der Waals surface area contributed by atoms with Crippen LogP contribution in [0.25, 0.3) is 0 Å². The molecule has 2 aromatic carbocycles. The van der Waals surface area contributed by atoms with Gasteiger partial charge in [-0.05, 0) is 47.2 Å². The van der Waals surface area contributed by atoms with Gasteiger partial charge in [0, 0.05) is 31.4 Å². The van der Waals surface area contributed by atoms with Crippen molar-refractivity contribution in [1.29, 1.82) is 5.26 Å². The second-order valence-corrected chi connectivity index (χ2v) is 8.32. The van der Waals surface area contributed by atoms with Crippen molar-refractivity contribution in [2.45, 2.75) is 31.8 Å². The van der Waals surface area contributed by atoms with Crippen molar-refractivity contribution >= 4 is 11.5 Å². The predicted molar refractivity (Wildman–Crippen MR) is 126 cm³/mol. The van der Waals surface area contributed by atoms with Crippen LogP contribution < -0.4 is 16.0 Å². The molecule has 3 N–H and O–H groups in total. The molecule has 2 heterocycles. The fraction of sp³-hybridized carbons (Fsp3) is 0.308. The highest BCUT2D eigenvalue weighted by Crippen LogP contribution is 2.31. The molecule has 5 nitrogen and oxygen atoms in total. The normalized spacial score (nSPS) is 17.9. The lowest BCUT2D eigenvalue weighted by atomic mass is 9.87. The third-order valence-corrected chi connectivity index (χ3v) is 6.21. The van der Waals surface area contributed by atoms with E-state index in [4.69, 9.17) is 5.26 Å². The summed E-state index contributed by atoms with van der Waals surface area (Å²) in [7, 11) is 0. The molecule has 0 spiro atoms. The van der Waals surface area contributed by atoms with Gasteiger partial charge in [-0.15, -0.1) is 0 Å². The van der Waals surface area contributed by atoms with Crippen LogP contribution in [0.2, 0.25) is 0 Å². The molecule has 0 saturated carbocycles. The number of hydrogen-bond acceptors (Lipinski definition) is 5. The maximum atomic E-state index is 9.04. The van der Waals surface area contributed by atoms with E-state index in [1.54, 1.807) is 0 Å². The molecule has 158 valence electrons. The molecule has 1 aliphatic heterocycles. The third-order valence-electron chi connectivity index (χ3n) is 6.21. The first kappa shape index (κ1) is 20.9. The molecule has 1 unspecified atom stereocenters. The number of hydrogen-bond donors (Lipinski definition) is 3. The Bertz CT molecular complexity index is 1030. The van der Waals surface area contributed by atoms with Crippen LogP contribution in [0.4, 0.5) is 11.5 Å². The molecule has 1 aromatic heterocycles. The molecular formula is C26H29N5. The van der Waals surface area contributed by atoms with Crippen LogP contribution in [-0.2, 0) is 0 Å². The van der Waals surface area contributed by atoms with Crippen molar-refractivity contribution < 1.29 is 0 Å². The molecule has 1 aliphatic rings. The van der Waals surface area contributed by atoms with Gasteiger partial charge >= 0.3 is 0 Å². The molecule has 31 heavy (non-hydrogen) atoms. The highest BCUT2D eigenvalue weighted by atomic mass is 15.1. The van der Waals surface area contributed by atoms with Crippen LogP contribution in [0.15, 0.2) is 72.9 Å². The van der Waals surface area contributed by atoms with Gasteiger partial charge in [-0.1, -0.05) is 56.3 Å². The van der Waals surface area contributed by atoms with E-state index in [-0.39, 0.29) is 12.1 Å². The van der Waals surface area contributed by atoms with Crippen LogP contribution in [0.1, 0.15) is 42.5 Å². The molecule has 5 heteroatoms. The summed E-state index contributed by atoms with van der Waals surface area (Å²) in [5.41, 5.74) is 4.28. The quantitative estimate of drug-likeness (QED) is 0.514. The van der Waals surface area contributed by atoms with E-state index >= 15 is 0 Å². The Labute approximate surface area is 184 Å². The van der Waals surface area contributed by atoms with Crippen LogP contribution in [-0.4, -0.2) is 24.1 Å². The fourth-order valence-electron chi connectivity index (χ4n) is 4.23. The first-order valence-corrected chi connectivity index (χ1v) is 10.9. The van der Waals surface area contributed by atoms with Gasteiger partial charge in [0.05, 0.1) is 17.3 Å². The number of anilines is 2. The zero-order valence-electron chi connectivity index (χ0n) is 18.0. The summed E-state index contributed by atoms with van der Waals surface area (Å²) in [5, 5.41) is 20.0. The topological polar surface area (TPSA) is 72.8 Å². The van der Waals surface area contributed by atoms with E-state index in [1.165, 1.54) is 11.1 Å². The van der Waals surface area contributed by atoms with Gasteiger partial charge in [0.1, 0.15) is 5.82 Å². The molecular weight excluding hydrogens is 382 g/mol. The maximum absolute atomic E-state index is 9.04. The Morgan fingerprint density at radius 3 is 2.55 bits per heavy atom. The van der Waals surface area contributed by atoms with E-state index < -0.39 is 0 Å². The number of fused-ring (bicyclic) bond motifs is 1. The molecule has 0 fully saturated rings. The van der Waals surface area contributed by atoms with E-state index in [1.807, 2.05) is 24.4 Å². The van der Waals surface area contributed by atoms with Crippen LogP contribution in [0.3, 0.4) is 0 Å². The number of nitrogens with zero attached hydrogens (tertiary/aromatic N) is 2. The first-order chi connectivity index (χ1) is 15.2. The van der Waals surface area contributed by atoms with Crippen LogP contribution in [0.5, 0.6) is 0 Å². The summed E-state index contributed by atoms with van der Waals surface area (Å²) in [4.78, 5) is 4.50. The maximum Gasteiger partial charge on any atom is 0.149 e. The minimum Gasteiger partial charge on any atom is -0.380 e. The summed E-state index contributed by atoms with van der Waals surface area (Å²) in [6, 6.07) is 25.2. The molecule has 0 amide bonds. The van der Waals surface area contributed by atoms with Gasteiger partial charge in [-0.25, -0.2) is 4.98 Å². The van der Waals surface area contributed by atoms with Crippen LogP contribution in [0, 0.1) is 17.2 Å². The molecule has 0 radical (unpaired) electrons. The van der Waals surface area contributed by atoms with Gasteiger partial charge in [-0.3, -0.25) is 0 Å². The Morgan fingerprint density at radius 1 is 1.03 bits per heavy atom. The van der Waals surface area contributed by atoms with Crippen molar-refractivity contribution in [3.63, 3.8) is 0 Å². The number of aromatic nitrogens is 1. The van der Waals surface area contributed by atoms with E-state index in [9.17, 15) is 0 Å². The van der Waals surface area contributed by atoms with Crippen molar-refractivity contribution in [2.75, 3.05) is 23.7 Å². The predicted octanol–water partition coefficient (Wildman–Crippen LogP) is 4.93. The molecule has 0 bridgehead atoms. The van der Waals surface area contributed by atoms with Crippen molar-refractivity contribution in [2.24, 2.45) is 5.92 Å². The lowest BCUT2D eigenvalue weighted by Gasteiger charge is -2.37. The van der Waals surface area contributed by atoms with E-state index in [0.29, 0.717) is 17.4 Å². The Hall–Kier alpha value is -3.36. The number of nitriles is 1. The summed E-state index contributed by atoms with van der Waals surface area (Å²) in [6.07, 6.45) is 1.83. The first-order valence-electron chi connectivity index (χ1n) is 10.9. The van der Waals surface area contributed by atoms with Crippen molar-refractivity contribution in [3.05, 3.63) is 89.6 Å². The summed E-state index contributed by atoms with van der Waals surface area (Å²) in [6.45, 7) is 6.23. The van der Waals surface area contributed by atoms with Gasteiger partial charge in [0.2, 0.25) is 0 Å². The number of pyridine rings is 1. The Kier molecular flexibility index (Phi) is 6.49. The van der Waals surface area contributed by atoms with Crippen molar-refractivity contribution in [3.8, 4) is 6.07 Å². The molecule has 4 atom stereocenters. The molecule has 0 saturated heterocycles. The Morgan fingerprint density at radius 2 is 1.81 bits per heavy atom. The highest BCUT2D eigenvalue weighted by molar-refractivity contribution is 5.66. The smallest absolute Gasteiger partial charge is 0.149 e. The average molecular weight is 412 g/mol. The van der Waals surface area contributed by atoms with Gasteiger partial charge in [0.15, 0.2) is 0 Å². The van der Waals surface area contributed by atoms with E-state index in [0.717, 1.165) is 24.6 Å². The average Bonchev–Trinajstić information content (AvgIpc) is 2.84. The minimum absolute atomic E-state index is 0.201. The number of benzene rings is 2. The fourth-order valence-corrected chi connectivity index (χ4v) is 4.23. The summed E-state index contributed by atoms with van der Waals surface area (Å²) < 4.78 is 0. The van der Waals surface area contributed by atoms with Gasteiger partial charge in [0.25, 0.3) is 0 Å². The largest absolute Gasteiger partial charge is 0.380 e. The standard InChI is InChI=1S/C26H29N5/c1-18(21-12-10-20(15-27)11-13-21)16-30-25(22-7-4-3-5-8-22)19(2)24-17-29-23-9-6-14-28-26(23)31-24/h3-14,18-19,24-25,29-30H,16-17H2,1-2H3,(H,28,31)/t18-,19?,24+,25+/m0/s1. The molecule has 4 rings (SSSR count). The number of nitrogens with one attached hydrogen (secondary N) is 3. The second-order valence-electron chi connectivity index (χ2n) is 8.32. The molecule has 3 aromatic rings. The monoisotopic (exact) mass is 411 g/mol. The zero-order valence-corrected chi connectivity index (χ0v) is 18.0. The Balaban J connectivity index is 1.49. The zero-order chi connectivity index (χ0) is 21.6.